The lowest BCUT2D eigenvalue weighted by Gasteiger charge is -2.16. The van der Waals surface area contributed by atoms with Crippen LogP contribution in [0.3, 0.4) is 0 Å². The fourth-order valence-corrected chi connectivity index (χ4v) is 3.56. The average Bonchev–Trinajstić information content (AvgIpc) is 2.57. The normalized spacial score (nSPS) is 12.4. The van der Waals surface area contributed by atoms with Gasteiger partial charge in [-0.25, -0.2) is 0 Å². The third kappa shape index (κ3) is 17.8. The van der Waals surface area contributed by atoms with Gasteiger partial charge in [-0.2, -0.15) is 0 Å². The van der Waals surface area contributed by atoms with E-state index in [1.165, 1.54) is 96.3 Å². The molecule has 0 amide bonds. The largest absolute Gasteiger partial charge is 0.481 e. The molecule has 24 heavy (non-hydrogen) atoms. The molecule has 0 radical (unpaired) electrons. The first kappa shape index (κ1) is 23.5. The topological polar surface area (TPSA) is 37.3 Å². The summed E-state index contributed by atoms with van der Waals surface area (Å²) < 4.78 is 0. The molecular weight excluding hydrogens is 296 g/mol. The van der Waals surface area contributed by atoms with Crippen LogP contribution in [0.4, 0.5) is 0 Å². The second kappa shape index (κ2) is 18.8. The molecule has 0 heterocycles. The lowest BCUT2D eigenvalue weighted by molar-refractivity contribution is -0.137. The molecule has 1 N–H and O–H groups in total. The molecule has 0 fully saturated rings. The Bertz CT molecular complexity index is 263. The Morgan fingerprint density at radius 1 is 0.625 bits per heavy atom. The molecule has 0 spiro atoms. The number of carboxylic acids is 1. The van der Waals surface area contributed by atoms with Gasteiger partial charge in [0.05, 0.1) is 0 Å². The Hall–Kier alpha value is -0.530. The molecule has 0 aromatic heterocycles. The van der Waals surface area contributed by atoms with E-state index in [0.717, 1.165) is 18.8 Å². The van der Waals surface area contributed by atoms with E-state index in [2.05, 4.69) is 13.8 Å². The van der Waals surface area contributed by atoms with E-state index in [9.17, 15) is 4.79 Å². The first-order valence-corrected chi connectivity index (χ1v) is 10.9. The summed E-state index contributed by atoms with van der Waals surface area (Å²) in [6.07, 6.45) is 23.0. The number of aliphatic carboxylic acids is 1. The van der Waals surface area contributed by atoms with Gasteiger partial charge in [-0.1, -0.05) is 117 Å². The van der Waals surface area contributed by atoms with Crippen LogP contribution in [0.25, 0.3) is 0 Å². The van der Waals surface area contributed by atoms with E-state index in [-0.39, 0.29) is 0 Å². The summed E-state index contributed by atoms with van der Waals surface area (Å²) in [6.45, 7) is 4.60. The van der Waals surface area contributed by atoms with Crippen molar-refractivity contribution in [3.8, 4) is 0 Å². The van der Waals surface area contributed by atoms with Gasteiger partial charge in [0.1, 0.15) is 0 Å². The first-order valence-electron chi connectivity index (χ1n) is 10.9. The van der Waals surface area contributed by atoms with Gasteiger partial charge in [0, 0.05) is 6.42 Å². The van der Waals surface area contributed by atoms with Crippen molar-refractivity contribution in [1.82, 2.24) is 0 Å². The molecular formula is C22H44O2. The highest BCUT2D eigenvalue weighted by Crippen LogP contribution is 2.23. The van der Waals surface area contributed by atoms with Crippen LogP contribution in [0.15, 0.2) is 0 Å². The van der Waals surface area contributed by atoms with E-state index in [4.69, 9.17) is 5.11 Å². The van der Waals surface area contributed by atoms with Crippen molar-refractivity contribution in [2.24, 2.45) is 5.92 Å². The Morgan fingerprint density at radius 2 is 1.04 bits per heavy atom. The highest BCUT2D eigenvalue weighted by molar-refractivity contribution is 5.66. The molecule has 1 atom stereocenters. The smallest absolute Gasteiger partial charge is 0.303 e. The average molecular weight is 341 g/mol. The van der Waals surface area contributed by atoms with Crippen molar-refractivity contribution < 1.29 is 9.90 Å². The monoisotopic (exact) mass is 340 g/mol. The molecule has 0 aliphatic rings. The number of rotatable bonds is 19. The summed E-state index contributed by atoms with van der Waals surface area (Å²) in [5.74, 6) is 0.333. The second-order valence-electron chi connectivity index (χ2n) is 7.62. The molecule has 0 rings (SSSR count). The van der Waals surface area contributed by atoms with Crippen molar-refractivity contribution in [3.05, 3.63) is 0 Å². The zero-order chi connectivity index (χ0) is 17.9. The van der Waals surface area contributed by atoms with E-state index in [1.54, 1.807) is 0 Å². The van der Waals surface area contributed by atoms with Gasteiger partial charge in [0.15, 0.2) is 0 Å². The first-order chi connectivity index (χ1) is 11.7. The summed E-state index contributed by atoms with van der Waals surface area (Å²) >= 11 is 0. The summed E-state index contributed by atoms with van der Waals surface area (Å²) in [5, 5.41) is 8.59. The molecule has 1 unspecified atom stereocenters. The van der Waals surface area contributed by atoms with E-state index in [1.807, 2.05) is 0 Å². The van der Waals surface area contributed by atoms with Crippen molar-refractivity contribution in [1.29, 1.82) is 0 Å². The molecule has 0 saturated carbocycles. The second-order valence-corrected chi connectivity index (χ2v) is 7.62. The van der Waals surface area contributed by atoms with E-state index < -0.39 is 5.97 Å². The van der Waals surface area contributed by atoms with Gasteiger partial charge in [0.25, 0.3) is 0 Å². The van der Waals surface area contributed by atoms with Crippen LogP contribution in [-0.4, -0.2) is 11.1 Å². The molecule has 2 heteroatoms. The summed E-state index contributed by atoms with van der Waals surface area (Å²) in [6, 6.07) is 0. The number of carboxylic acid groups (broad SMARTS) is 1. The van der Waals surface area contributed by atoms with Crippen LogP contribution >= 0.6 is 0 Å². The van der Waals surface area contributed by atoms with Crippen LogP contribution < -0.4 is 0 Å². The Labute approximate surface area is 151 Å². The molecule has 0 aromatic rings. The third-order valence-corrected chi connectivity index (χ3v) is 5.18. The van der Waals surface area contributed by atoms with Crippen molar-refractivity contribution in [3.63, 3.8) is 0 Å². The maximum atomic E-state index is 10.4. The van der Waals surface area contributed by atoms with Crippen molar-refractivity contribution in [2.75, 3.05) is 0 Å². The minimum atomic E-state index is -0.651. The maximum absolute atomic E-state index is 10.4. The van der Waals surface area contributed by atoms with Gasteiger partial charge in [-0.15, -0.1) is 0 Å². The summed E-state index contributed by atoms with van der Waals surface area (Å²) in [5.41, 5.74) is 0. The highest BCUT2D eigenvalue weighted by atomic mass is 16.4. The fourth-order valence-electron chi connectivity index (χ4n) is 3.56. The lowest BCUT2D eigenvalue weighted by Crippen LogP contribution is -2.01. The van der Waals surface area contributed by atoms with Crippen LogP contribution in [0.2, 0.25) is 0 Å². The minimum absolute atomic E-state index is 0.345. The standard InChI is InChI=1S/C22H44O2/c1-3-5-7-14-18-21(17-6-4-2)19-15-12-10-8-9-11-13-16-20-22(23)24/h21H,3-20H2,1-2H3,(H,23,24). The third-order valence-electron chi connectivity index (χ3n) is 5.18. The number of hydrogen-bond acceptors (Lipinski definition) is 1. The van der Waals surface area contributed by atoms with Crippen molar-refractivity contribution in [2.45, 2.75) is 129 Å². The Morgan fingerprint density at radius 3 is 1.54 bits per heavy atom. The molecule has 0 aliphatic carbocycles. The van der Waals surface area contributed by atoms with Gasteiger partial charge in [-0.3, -0.25) is 4.79 Å². The number of carbonyl (C=O) groups is 1. The SMILES string of the molecule is CCCCCCC(CCCC)CCCCCCCCCCC(=O)O. The molecule has 0 aliphatic heterocycles. The summed E-state index contributed by atoms with van der Waals surface area (Å²) in [7, 11) is 0. The van der Waals surface area contributed by atoms with Crippen LogP contribution in [0.1, 0.15) is 129 Å². The van der Waals surface area contributed by atoms with Crippen molar-refractivity contribution >= 4 is 5.97 Å². The molecule has 144 valence electrons. The maximum Gasteiger partial charge on any atom is 0.303 e. The predicted molar refractivity (Wildman–Crippen MR) is 106 cm³/mol. The zero-order valence-corrected chi connectivity index (χ0v) is 16.7. The minimum Gasteiger partial charge on any atom is -0.481 e. The molecule has 2 nitrogen and oxygen atoms in total. The predicted octanol–water partition coefficient (Wildman–Crippen LogP) is 7.75. The van der Waals surface area contributed by atoms with E-state index in [0.29, 0.717) is 6.42 Å². The lowest BCUT2D eigenvalue weighted by atomic mass is 9.90. The fraction of sp³-hybridized carbons (Fsp3) is 0.955. The highest BCUT2D eigenvalue weighted by Gasteiger charge is 2.08. The zero-order valence-electron chi connectivity index (χ0n) is 16.7. The van der Waals surface area contributed by atoms with Gasteiger partial charge >= 0.3 is 5.97 Å². The van der Waals surface area contributed by atoms with Gasteiger partial charge in [0.2, 0.25) is 0 Å². The quantitative estimate of drug-likeness (QED) is 0.244. The van der Waals surface area contributed by atoms with Gasteiger partial charge in [-0.05, 0) is 12.3 Å². The van der Waals surface area contributed by atoms with Crippen LogP contribution in [0, 0.1) is 5.92 Å². The Kier molecular flexibility index (Phi) is 18.4. The van der Waals surface area contributed by atoms with Crippen LogP contribution in [0.5, 0.6) is 0 Å². The number of unbranched alkanes of at least 4 members (excludes halogenated alkanes) is 11. The number of hydrogen-bond donors (Lipinski definition) is 1. The van der Waals surface area contributed by atoms with E-state index >= 15 is 0 Å². The summed E-state index contributed by atoms with van der Waals surface area (Å²) in [4.78, 5) is 10.4. The molecule has 0 aromatic carbocycles. The Balaban J connectivity index is 3.48. The van der Waals surface area contributed by atoms with Crippen LogP contribution in [-0.2, 0) is 4.79 Å². The molecule has 0 bridgehead atoms. The molecule has 0 saturated heterocycles. The van der Waals surface area contributed by atoms with Gasteiger partial charge < -0.3 is 5.11 Å².